The zero-order valence-corrected chi connectivity index (χ0v) is 36.5. The Hall–Kier alpha value is -3.02. The molecule has 6 heteroatoms. The van der Waals surface area contributed by atoms with Gasteiger partial charge in [-0.05, 0) is 130 Å². The predicted octanol–water partition coefficient (Wildman–Crippen LogP) is 11.4. The van der Waals surface area contributed by atoms with Gasteiger partial charge >= 0.3 is 5.97 Å². The number of fused-ring (bicyclic) bond motifs is 7. The monoisotopic (exact) mass is 753 g/mol. The lowest BCUT2D eigenvalue weighted by atomic mass is 9.30. The van der Waals surface area contributed by atoms with Crippen molar-refractivity contribution in [2.75, 3.05) is 0 Å². The molecule has 2 unspecified atom stereocenters. The number of nitrogens with zero attached hydrogens (tertiary/aromatic N) is 2. The molecule has 2 aromatic rings. The van der Waals surface area contributed by atoms with Gasteiger partial charge in [0.15, 0.2) is 0 Å². The zero-order chi connectivity index (χ0) is 40.3. The Morgan fingerprint density at radius 2 is 1.60 bits per heavy atom. The highest BCUT2D eigenvalue weighted by Crippen LogP contribution is 2.80. The van der Waals surface area contributed by atoms with E-state index < -0.39 is 11.4 Å². The van der Waals surface area contributed by atoms with Gasteiger partial charge in [0.1, 0.15) is 6.10 Å². The summed E-state index contributed by atoms with van der Waals surface area (Å²) < 4.78 is 10.9. The lowest BCUT2D eigenvalue weighted by molar-refractivity contribution is -0.246. The molecule has 1 N–H and O–H groups in total. The van der Waals surface area contributed by atoms with Crippen molar-refractivity contribution in [3.63, 3.8) is 0 Å². The van der Waals surface area contributed by atoms with Crippen LogP contribution in [-0.2, 0) is 28.5 Å². The van der Waals surface area contributed by atoms with Crippen LogP contribution in [-0.4, -0.2) is 26.5 Å². The average molecular weight is 753 g/mol. The minimum atomic E-state index is -0.900. The van der Waals surface area contributed by atoms with Crippen LogP contribution in [0.2, 0.25) is 0 Å². The summed E-state index contributed by atoms with van der Waals surface area (Å²) in [5.41, 5.74) is 6.58. The van der Waals surface area contributed by atoms with Gasteiger partial charge in [-0.2, -0.15) is 0 Å². The van der Waals surface area contributed by atoms with Gasteiger partial charge in [0, 0.05) is 30.4 Å². The lowest BCUT2D eigenvalue weighted by Crippen LogP contribution is -2.68. The van der Waals surface area contributed by atoms with Crippen molar-refractivity contribution in [1.29, 1.82) is 0 Å². The third-order valence-electron chi connectivity index (χ3n) is 18.0. The molecule has 0 aliphatic heterocycles. The molecule has 1 aromatic heterocycles. The molecule has 5 aliphatic rings. The van der Waals surface area contributed by atoms with Crippen molar-refractivity contribution in [3.05, 3.63) is 81.0 Å². The molecule has 55 heavy (non-hydrogen) atoms. The first-order valence-electron chi connectivity index (χ1n) is 21.6. The van der Waals surface area contributed by atoms with Crippen LogP contribution in [0.1, 0.15) is 157 Å². The summed E-state index contributed by atoms with van der Waals surface area (Å²) in [5.74, 6) is 1.41. The van der Waals surface area contributed by atoms with E-state index in [1.54, 1.807) is 25.0 Å². The Morgan fingerprint density at radius 3 is 2.24 bits per heavy atom. The summed E-state index contributed by atoms with van der Waals surface area (Å²) in [7, 11) is 2.14. The summed E-state index contributed by atoms with van der Waals surface area (Å²) in [6, 6.07) is 10.6. The number of aryl methyl sites for hydroxylation is 1. The quantitative estimate of drug-likeness (QED) is 0.204. The predicted molar refractivity (Wildman–Crippen MR) is 223 cm³/mol. The summed E-state index contributed by atoms with van der Waals surface area (Å²) in [4.78, 5) is 25.8. The molecule has 4 fully saturated rings. The normalized spacial score (nSPS) is 36.9. The molecule has 0 radical (unpaired) electrons. The number of hydrogen-bond acceptors (Lipinski definition) is 3. The van der Waals surface area contributed by atoms with E-state index in [9.17, 15) is 14.7 Å². The molecule has 4 saturated carbocycles. The third-order valence-corrected chi connectivity index (χ3v) is 18.0. The smallest absolute Gasteiger partial charge is 0.309 e. The topological polar surface area (TPSA) is 73.5 Å². The van der Waals surface area contributed by atoms with E-state index in [4.69, 9.17) is 4.74 Å². The van der Waals surface area contributed by atoms with E-state index in [2.05, 4.69) is 105 Å². The van der Waals surface area contributed by atoms with E-state index in [-0.39, 0.29) is 44.2 Å². The molecule has 1 aromatic carbocycles. The number of aliphatic carboxylic acids is 1. The van der Waals surface area contributed by atoms with Crippen molar-refractivity contribution in [2.24, 2.45) is 57.3 Å². The minimum absolute atomic E-state index is 0.0361. The van der Waals surface area contributed by atoms with E-state index in [0.29, 0.717) is 36.5 Å². The van der Waals surface area contributed by atoms with Crippen LogP contribution in [0.4, 0.5) is 0 Å². The number of carbonyl (C=O) groups is 1. The first-order chi connectivity index (χ1) is 25.5. The van der Waals surface area contributed by atoms with Crippen LogP contribution in [0.15, 0.2) is 58.6 Å². The van der Waals surface area contributed by atoms with Gasteiger partial charge in [0.25, 0.3) is 5.56 Å². The first kappa shape index (κ1) is 40.2. The Labute approximate surface area is 332 Å². The summed E-state index contributed by atoms with van der Waals surface area (Å²) in [6.45, 7) is 30.8. The molecule has 1 heterocycles. The van der Waals surface area contributed by atoms with Crippen molar-refractivity contribution in [2.45, 2.75) is 165 Å². The zero-order valence-electron chi connectivity index (χ0n) is 36.5. The molecule has 0 saturated heterocycles. The SMILES string of the molecule is C=C(CC(C)(C)C(=O)O)O[C@H]1CCC2(C)[C@H]3CCC4(C)C5=C(C(C)C)CC[C@]5(c5cc(=O)n(Cc6ccc(C)cc6)n5C)CC[C@@]4(C)[C@]3(C)CC[C@H]2C1(C)C. The maximum atomic E-state index is 13.9. The average Bonchev–Trinajstić information content (AvgIpc) is 3.63. The second kappa shape index (κ2) is 13.0. The fourth-order valence-corrected chi connectivity index (χ4v) is 14.7. The van der Waals surface area contributed by atoms with Gasteiger partial charge in [-0.1, -0.05) is 103 Å². The fraction of sp³-hybridized carbons (Fsp3) is 0.714. The molecule has 302 valence electrons. The molecule has 7 rings (SSSR count). The molecule has 0 spiro atoms. The maximum absolute atomic E-state index is 13.9. The summed E-state index contributed by atoms with van der Waals surface area (Å²) in [5, 5.41) is 9.77. The van der Waals surface area contributed by atoms with E-state index >= 15 is 0 Å². The Bertz CT molecular complexity index is 1960. The lowest BCUT2D eigenvalue weighted by Gasteiger charge is -2.75. The third kappa shape index (κ3) is 5.66. The van der Waals surface area contributed by atoms with Gasteiger partial charge in [-0.25, -0.2) is 4.68 Å². The highest BCUT2D eigenvalue weighted by molar-refractivity contribution is 5.73. The maximum Gasteiger partial charge on any atom is 0.309 e. The molecule has 8 atom stereocenters. The number of carboxylic acids is 1. The van der Waals surface area contributed by atoms with Crippen molar-refractivity contribution in [3.8, 4) is 0 Å². The van der Waals surface area contributed by atoms with E-state index in [0.717, 1.165) is 37.7 Å². The molecular formula is C49H72N2O4. The second-order valence-corrected chi connectivity index (χ2v) is 21.7. The van der Waals surface area contributed by atoms with Crippen LogP contribution in [0.5, 0.6) is 0 Å². The second-order valence-electron chi connectivity index (χ2n) is 21.7. The van der Waals surface area contributed by atoms with Crippen LogP contribution < -0.4 is 5.56 Å². The van der Waals surface area contributed by atoms with Gasteiger partial charge in [0.05, 0.1) is 23.4 Å². The Balaban J connectivity index is 1.23. The Kier molecular flexibility index (Phi) is 9.50. The van der Waals surface area contributed by atoms with Crippen LogP contribution in [0, 0.1) is 57.2 Å². The largest absolute Gasteiger partial charge is 0.495 e. The molecular weight excluding hydrogens is 681 g/mol. The molecule has 0 amide bonds. The minimum Gasteiger partial charge on any atom is -0.495 e. The van der Waals surface area contributed by atoms with Crippen molar-refractivity contribution >= 4 is 5.97 Å². The number of carboxylic acid groups (broad SMARTS) is 1. The van der Waals surface area contributed by atoms with Gasteiger partial charge in [-0.15, -0.1) is 0 Å². The number of allylic oxidation sites excluding steroid dienone is 3. The van der Waals surface area contributed by atoms with Crippen LogP contribution >= 0.6 is 0 Å². The molecule has 0 bridgehead atoms. The van der Waals surface area contributed by atoms with Crippen molar-refractivity contribution < 1.29 is 14.6 Å². The number of ether oxygens (including phenoxy) is 1. The number of rotatable bonds is 9. The standard InChI is InChI=1S/C49H72N2O4/c1-31(2)35-18-25-49(38-28-40(52)51(50(38)13)30-34-16-14-32(3)15-17-34)27-26-48(12)46(10)23-19-36-44(7,8)39(55-33(4)29-43(5,6)42(53)54)21-22-45(36,9)37(46)20-24-47(48,11)41(35)49/h14-17,28,31,36-37,39H,4,18-27,29-30H2,1-3,5-13H3,(H,53,54)/t36-,37+,39-,45?,46+,47?,48-,49+/m0/s1. The highest BCUT2D eigenvalue weighted by Gasteiger charge is 2.73. The number of benzene rings is 1. The van der Waals surface area contributed by atoms with Gasteiger partial charge < -0.3 is 9.84 Å². The fourth-order valence-electron chi connectivity index (χ4n) is 14.7. The van der Waals surface area contributed by atoms with Crippen LogP contribution in [0.25, 0.3) is 0 Å². The summed E-state index contributed by atoms with van der Waals surface area (Å²) >= 11 is 0. The Morgan fingerprint density at radius 1 is 0.945 bits per heavy atom. The number of aromatic nitrogens is 2. The van der Waals surface area contributed by atoms with E-state index in [1.807, 2.05) is 10.7 Å². The van der Waals surface area contributed by atoms with Gasteiger partial charge in [0.2, 0.25) is 0 Å². The van der Waals surface area contributed by atoms with Crippen molar-refractivity contribution in [1.82, 2.24) is 9.36 Å². The highest BCUT2D eigenvalue weighted by atomic mass is 16.5. The first-order valence-corrected chi connectivity index (χ1v) is 21.6. The van der Waals surface area contributed by atoms with Gasteiger partial charge in [-0.3, -0.25) is 14.3 Å². The van der Waals surface area contributed by atoms with E-state index in [1.165, 1.54) is 43.4 Å². The number of hydrogen-bond donors (Lipinski definition) is 1. The molecule has 6 nitrogen and oxygen atoms in total. The summed E-state index contributed by atoms with van der Waals surface area (Å²) in [6.07, 6.45) is 11.8. The molecule has 5 aliphatic carbocycles. The van der Waals surface area contributed by atoms with Crippen LogP contribution in [0.3, 0.4) is 0 Å².